The molecule has 1 fully saturated rings. The molecule has 118 valence electrons. The fraction of sp³-hybridized carbons (Fsp3) is 0.786. The number of methoxy groups -OCH3 is 1. The first-order chi connectivity index (χ1) is 10.1. The van der Waals surface area contributed by atoms with E-state index in [4.69, 9.17) is 9.47 Å². The molecule has 2 heterocycles. The van der Waals surface area contributed by atoms with Crippen LogP contribution in [0.15, 0.2) is 0 Å². The predicted molar refractivity (Wildman–Crippen MR) is 77.3 cm³/mol. The van der Waals surface area contributed by atoms with E-state index in [2.05, 4.69) is 15.6 Å². The highest BCUT2D eigenvalue weighted by Gasteiger charge is 2.28. The van der Waals surface area contributed by atoms with Gasteiger partial charge in [-0.2, -0.15) is 0 Å². The maximum atomic E-state index is 11.9. The van der Waals surface area contributed by atoms with Gasteiger partial charge in [-0.05, 0) is 39.8 Å². The van der Waals surface area contributed by atoms with Crippen molar-refractivity contribution >= 4 is 5.97 Å². The molecule has 1 aliphatic heterocycles. The largest absolute Gasteiger partial charge is 0.464 e. The van der Waals surface area contributed by atoms with E-state index in [1.54, 1.807) is 4.68 Å². The molecule has 1 saturated heterocycles. The Morgan fingerprint density at radius 1 is 1.43 bits per heavy atom. The summed E-state index contributed by atoms with van der Waals surface area (Å²) in [5.74, 6) is -0.131. The van der Waals surface area contributed by atoms with Crippen molar-refractivity contribution in [2.24, 2.45) is 0 Å². The van der Waals surface area contributed by atoms with Gasteiger partial charge in [-0.25, -0.2) is 9.48 Å². The predicted octanol–water partition coefficient (Wildman–Crippen LogP) is 0.957. The van der Waals surface area contributed by atoms with E-state index in [-0.39, 0.29) is 12.0 Å². The molecule has 7 nitrogen and oxygen atoms in total. The number of rotatable bonds is 6. The van der Waals surface area contributed by atoms with Gasteiger partial charge >= 0.3 is 5.97 Å². The molecule has 1 aromatic rings. The van der Waals surface area contributed by atoms with Crippen molar-refractivity contribution in [3.05, 3.63) is 11.4 Å². The number of nitrogens with zero attached hydrogens (tertiary/aromatic N) is 3. The molecule has 7 heteroatoms. The fourth-order valence-electron chi connectivity index (χ4n) is 2.60. The van der Waals surface area contributed by atoms with Crippen LogP contribution in [0, 0.1) is 0 Å². The first-order valence-corrected chi connectivity index (χ1v) is 7.47. The molecule has 0 unspecified atom stereocenters. The van der Waals surface area contributed by atoms with Crippen LogP contribution < -0.4 is 5.32 Å². The Hall–Kier alpha value is -1.47. The summed E-state index contributed by atoms with van der Waals surface area (Å²) in [5.41, 5.74) is 1.23. The molecule has 2 rings (SSSR count). The van der Waals surface area contributed by atoms with E-state index in [1.807, 2.05) is 13.8 Å². The molecular formula is C14H24N4O3. The lowest BCUT2D eigenvalue weighted by Gasteiger charge is -2.23. The van der Waals surface area contributed by atoms with Gasteiger partial charge in [0.15, 0.2) is 5.69 Å². The zero-order chi connectivity index (χ0) is 15.2. The number of nitrogens with one attached hydrogen (secondary N) is 1. The zero-order valence-corrected chi connectivity index (χ0v) is 13.0. The molecule has 0 spiro atoms. The first kappa shape index (κ1) is 15.9. The average Bonchev–Trinajstić information content (AvgIpc) is 2.91. The summed E-state index contributed by atoms with van der Waals surface area (Å²) in [7, 11) is 1.37. The van der Waals surface area contributed by atoms with Crippen LogP contribution in [0.5, 0.6) is 0 Å². The Morgan fingerprint density at radius 3 is 2.76 bits per heavy atom. The molecule has 0 aromatic carbocycles. The van der Waals surface area contributed by atoms with E-state index < -0.39 is 5.97 Å². The van der Waals surface area contributed by atoms with E-state index in [0.717, 1.165) is 31.6 Å². The van der Waals surface area contributed by atoms with Crippen LogP contribution in [0.1, 0.15) is 48.8 Å². The number of hydrogen-bond donors (Lipinski definition) is 1. The molecule has 0 atom stereocenters. The standard InChI is InChI=1S/C14H24N4O3/c1-10(2)21-9-8-18-13(11-4-6-15-7-5-11)12(16-17-18)14(19)20-3/h10-11,15H,4-9H2,1-3H3. The van der Waals surface area contributed by atoms with Gasteiger partial charge in [0.05, 0.1) is 32.1 Å². The second kappa shape index (κ2) is 7.51. The van der Waals surface area contributed by atoms with Gasteiger partial charge in [-0.3, -0.25) is 0 Å². The third-order valence-electron chi connectivity index (χ3n) is 3.63. The maximum Gasteiger partial charge on any atom is 0.360 e. The Balaban J connectivity index is 2.18. The summed E-state index contributed by atoms with van der Waals surface area (Å²) in [4.78, 5) is 11.9. The van der Waals surface area contributed by atoms with Crippen LogP contribution in [0.25, 0.3) is 0 Å². The smallest absolute Gasteiger partial charge is 0.360 e. The lowest BCUT2D eigenvalue weighted by molar-refractivity contribution is 0.0589. The molecule has 0 radical (unpaired) electrons. The number of ether oxygens (including phenoxy) is 2. The third-order valence-corrected chi connectivity index (χ3v) is 3.63. The van der Waals surface area contributed by atoms with Gasteiger partial charge in [0.25, 0.3) is 0 Å². The summed E-state index contributed by atoms with van der Waals surface area (Å²) in [5, 5.41) is 11.5. The van der Waals surface area contributed by atoms with Gasteiger partial charge < -0.3 is 14.8 Å². The first-order valence-electron chi connectivity index (χ1n) is 7.47. The minimum absolute atomic E-state index is 0.177. The molecule has 0 bridgehead atoms. The van der Waals surface area contributed by atoms with Crippen LogP contribution in [-0.4, -0.2) is 53.9 Å². The lowest BCUT2D eigenvalue weighted by atomic mass is 9.93. The van der Waals surface area contributed by atoms with Gasteiger partial charge in [-0.1, -0.05) is 5.21 Å². The summed E-state index contributed by atoms with van der Waals surface area (Å²) in [6, 6.07) is 0. The van der Waals surface area contributed by atoms with Gasteiger partial charge in [-0.15, -0.1) is 5.10 Å². The number of hydrogen-bond acceptors (Lipinski definition) is 6. The number of aromatic nitrogens is 3. The van der Waals surface area contributed by atoms with Crippen LogP contribution >= 0.6 is 0 Å². The second-order valence-corrected chi connectivity index (χ2v) is 5.48. The second-order valence-electron chi connectivity index (χ2n) is 5.48. The van der Waals surface area contributed by atoms with Crippen molar-refractivity contribution in [2.75, 3.05) is 26.8 Å². The van der Waals surface area contributed by atoms with Crippen molar-refractivity contribution in [2.45, 2.75) is 45.3 Å². The highest BCUT2D eigenvalue weighted by atomic mass is 16.5. The summed E-state index contributed by atoms with van der Waals surface area (Å²) in [6.45, 7) is 7.03. The van der Waals surface area contributed by atoms with E-state index >= 15 is 0 Å². The van der Waals surface area contributed by atoms with Crippen molar-refractivity contribution in [1.82, 2.24) is 20.3 Å². The van der Waals surface area contributed by atoms with Crippen molar-refractivity contribution in [3.63, 3.8) is 0 Å². The van der Waals surface area contributed by atoms with E-state index in [9.17, 15) is 4.79 Å². The minimum atomic E-state index is -0.417. The molecular weight excluding hydrogens is 272 g/mol. The topological polar surface area (TPSA) is 78.3 Å². The Morgan fingerprint density at radius 2 is 2.14 bits per heavy atom. The fourth-order valence-corrected chi connectivity index (χ4v) is 2.60. The van der Waals surface area contributed by atoms with Gasteiger partial charge in [0.1, 0.15) is 0 Å². The quantitative estimate of drug-likeness (QED) is 0.788. The number of piperidine rings is 1. The normalized spacial score (nSPS) is 16.4. The number of carbonyl (C=O) groups excluding carboxylic acids is 1. The molecule has 21 heavy (non-hydrogen) atoms. The number of esters is 1. The van der Waals surface area contributed by atoms with Crippen LogP contribution in [-0.2, 0) is 16.0 Å². The van der Waals surface area contributed by atoms with Gasteiger partial charge in [0.2, 0.25) is 0 Å². The van der Waals surface area contributed by atoms with Crippen molar-refractivity contribution in [3.8, 4) is 0 Å². The lowest BCUT2D eigenvalue weighted by Crippen LogP contribution is -2.29. The highest BCUT2D eigenvalue weighted by molar-refractivity contribution is 5.88. The zero-order valence-electron chi connectivity index (χ0n) is 13.0. The van der Waals surface area contributed by atoms with Crippen LogP contribution in [0.2, 0.25) is 0 Å². The van der Waals surface area contributed by atoms with Crippen LogP contribution in [0.4, 0.5) is 0 Å². The summed E-state index contributed by atoms with van der Waals surface area (Å²) in [6.07, 6.45) is 2.13. The summed E-state index contributed by atoms with van der Waals surface area (Å²) >= 11 is 0. The number of carbonyl (C=O) groups is 1. The van der Waals surface area contributed by atoms with E-state index in [0.29, 0.717) is 18.8 Å². The summed E-state index contributed by atoms with van der Waals surface area (Å²) < 4.78 is 12.2. The average molecular weight is 296 g/mol. The monoisotopic (exact) mass is 296 g/mol. The van der Waals surface area contributed by atoms with Crippen LogP contribution in [0.3, 0.4) is 0 Å². The highest BCUT2D eigenvalue weighted by Crippen LogP contribution is 2.27. The van der Waals surface area contributed by atoms with E-state index in [1.165, 1.54) is 7.11 Å². The van der Waals surface area contributed by atoms with Gasteiger partial charge in [0, 0.05) is 5.92 Å². The Kier molecular flexibility index (Phi) is 5.69. The molecule has 1 N–H and O–H groups in total. The molecule has 0 aliphatic carbocycles. The third kappa shape index (κ3) is 4.01. The molecule has 0 saturated carbocycles. The van der Waals surface area contributed by atoms with Crippen molar-refractivity contribution in [1.29, 1.82) is 0 Å². The minimum Gasteiger partial charge on any atom is -0.464 e. The SMILES string of the molecule is COC(=O)c1nnn(CCOC(C)C)c1C1CCNCC1. The Bertz CT molecular complexity index is 467. The maximum absolute atomic E-state index is 11.9. The molecule has 1 aliphatic rings. The molecule has 1 aromatic heterocycles. The molecule has 0 amide bonds. The van der Waals surface area contributed by atoms with Crippen molar-refractivity contribution < 1.29 is 14.3 Å². The Labute approximate surface area is 125 Å².